The number of piperidine rings is 1. The van der Waals surface area contributed by atoms with Crippen molar-refractivity contribution in [1.29, 1.82) is 0 Å². The molecular weight excluding hydrogens is 365 g/mol. The third-order valence-corrected chi connectivity index (χ3v) is 5.44. The van der Waals surface area contributed by atoms with E-state index in [2.05, 4.69) is 4.90 Å². The quantitative estimate of drug-likeness (QED) is 0.774. The minimum atomic E-state index is -1.13. The Hall–Kier alpha value is -2.71. The van der Waals surface area contributed by atoms with Crippen molar-refractivity contribution in [3.63, 3.8) is 0 Å². The lowest BCUT2D eigenvalue weighted by Crippen LogP contribution is -2.45. The average molecular weight is 387 g/mol. The van der Waals surface area contributed by atoms with E-state index < -0.39 is 11.8 Å². The van der Waals surface area contributed by atoms with Gasteiger partial charge in [0.15, 0.2) is 11.6 Å². The van der Waals surface area contributed by atoms with Gasteiger partial charge in [-0.15, -0.1) is 0 Å². The Bertz CT molecular complexity index is 1010. The number of aliphatic carboxylic acids is 1. The number of pyridine rings is 1. The van der Waals surface area contributed by atoms with Crippen LogP contribution in [-0.2, 0) is 4.79 Å². The van der Waals surface area contributed by atoms with Crippen molar-refractivity contribution in [2.75, 3.05) is 26.2 Å². The molecule has 1 atom stereocenters. The summed E-state index contributed by atoms with van der Waals surface area (Å²) in [6.07, 6.45) is 4.09. The van der Waals surface area contributed by atoms with Crippen molar-refractivity contribution in [3.8, 4) is 5.75 Å². The van der Waals surface area contributed by atoms with Gasteiger partial charge in [0.25, 0.3) is 5.56 Å². The predicted molar refractivity (Wildman–Crippen MR) is 103 cm³/mol. The van der Waals surface area contributed by atoms with Crippen LogP contribution in [0.2, 0.25) is 0 Å². The SMILES string of the molecule is NC1CCN(C[C@@H]2COc3c(F)cc(C=CC(=O)O)c4ccc(=O)n2c34)CC1. The molecule has 1 fully saturated rings. The van der Waals surface area contributed by atoms with Crippen molar-refractivity contribution < 1.29 is 19.0 Å². The molecule has 1 aromatic carbocycles. The maximum absolute atomic E-state index is 14.6. The van der Waals surface area contributed by atoms with E-state index in [0.717, 1.165) is 32.0 Å². The molecule has 0 spiro atoms. The van der Waals surface area contributed by atoms with E-state index in [1.165, 1.54) is 18.2 Å². The van der Waals surface area contributed by atoms with Crippen LogP contribution >= 0.6 is 0 Å². The maximum atomic E-state index is 14.6. The van der Waals surface area contributed by atoms with E-state index >= 15 is 0 Å². The number of aromatic nitrogens is 1. The molecule has 0 amide bonds. The number of nitrogens with zero attached hydrogens (tertiary/aromatic N) is 2. The summed E-state index contributed by atoms with van der Waals surface area (Å²) in [4.78, 5) is 25.8. The Morgan fingerprint density at radius 1 is 1.36 bits per heavy atom. The summed E-state index contributed by atoms with van der Waals surface area (Å²) in [7, 11) is 0. The summed E-state index contributed by atoms with van der Waals surface area (Å²) >= 11 is 0. The minimum absolute atomic E-state index is 0.0390. The molecule has 28 heavy (non-hydrogen) atoms. The first kappa shape index (κ1) is 18.6. The first-order chi connectivity index (χ1) is 13.4. The number of benzene rings is 1. The second-order valence-corrected chi connectivity index (χ2v) is 7.36. The third-order valence-electron chi connectivity index (χ3n) is 5.44. The molecule has 0 saturated carbocycles. The molecule has 3 N–H and O–H groups in total. The zero-order chi connectivity index (χ0) is 19.8. The first-order valence-corrected chi connectivity index (χ1v) is 9.33. The molecule has 1 aromatic heterocycles. The van der Waals surface area contributed by atoms with E-state index in [4.69, 9.17) is 15.6 Å². The molecule has 4 rings (SSSR count). The number of rotatable bonds is 4. The Kier molecular flexibility index (Phi) is 4.91. The highest BCUT2D eigenvalue weighted by Gasteiger charge is 2.29. The number of carboxylic acid groups (broad SMARTS) is 1. The number of hydrogen-bond acceptors (Lipinski definition) is 5. The zero-order valence-corrected chi connectivity index (χ0v) is 15.3. The zero-order valence-electron chi connectivity index (χ0n) is 15.3. The number of carbonyl (C=O) groups is 1. The van der Waals surface area contributed by atoms with Gasteiger partial charge in [-0.25, -0.2) is 9.18 Å². The lowest BCUT2D eigenvalue weighted by atomic mass is 10.0. The van der Waals surface area contributed by atoms with Gasteiger partial charge in [0, 0.05) is 30.1 Å². The molecule has 1 saturated heterocycles. The molecule has 2 aliphatic rings. The fourth-order valence-corrected chi connectivity index (χ4v) is 4.03. The Morgan fingerprint density at radius 2 is 2.11 bits per heavy atom. The summed E-state index contributed by atoms with van der Waals surface area (Å²) in [6.45, 7) is 2.52. The highest BCUT2D eigenvalue weighted by molar-refractivity contribution is 5.96. The van der Waals surface area contributed by atoms with Crippen LogP contribution in [0, 0.1) is 5.82 Å². The summed E-state index contributed by atoms with van der Waals surface area (Å²) in [5.41, 5.74) is 6.51. The van der Waals surface area contributed by atoms with Crippen LogP contribution in [0.25, 0.3) is 17.0 Å². The number of ether oxygens (including phenoxy) is 1. The van der Waals surface area contributed by atoms with Crippen LogP contribution in [0.3, 0.4) is 0 Å². The molecule has 0 unspecified atom stereocenters. The van der Waals surface area contributed by atoms with E-state index in [1.807, 2.05) is 0 Å². The van der Waals surface area contributed by atoms with Crippen molar-refractivity contribution in [2.45, 2.75) is 24.9 Å². The van der Waals surface area contributed by atoms with Crippen LogP contribution in [0.5, 0.6) is 5.75 Å². The van der Waals surface area contributed by atoms with Crippen LogP contribution < -0.4 is 16.0 Å². The second-order valence-electron chi connectivity index (χ2n) is 7.36. The van der Waals surface area contributed by atoms with Gasteiger partial charge in [0.05, 0.1) is 11.6 Å². The van der Waals surface area contributed by atoms with Gasteiger partial charge in [-0.05, 0) is 49.7 Å². The van der Waals surface area contributed by atoms with Crippen LogP contribution in [0.1, 0.15) is 24.4 Å². The van der Waals surface area contributed by atoms with Gasteiger partial charge >= 0.3 is 5.97 Å². The highest BCUT2D eigenvalue weighted by Crippen LogP contribution is 2.36. The van der Waals surface area contributed by atoms with Gasteiger partial charge in [-0.2, -0.15) is 0 Å². The summed E-state index contributed by atoms with van der Waals surface area (Å²) in [5, 5.41) is 9.48. The molecule has 0 radical (unpaired) electrons. The van der Waals surface area contributed by atoms with Gasteiger partial charge in [-0.3, -0.25) is 9.36 Å². The fraction of sp³-hybridized carbons (Fsp3) is 0.400. The number of nitrogens with two attached hydrogens (primary N) is 1. The maximum Gasteiger partial charge on any atom is 0.328 e. The second kappa shape index (κ2) is 7.37. The number of hydrogen-bond donors (Lipinski definition) is 2. The Labute approximate surface area is 160 Å². The molecule has 3 heterocycles. The smallest absolute Gasteiger partial charge is 0.328 e. The Morgan fingerprint density at radius 3 is 2.82 bits per heavy atom. The molecule has 2 aliphatic heterocycles. The molecule has 0 bridgehead atoms. The van der Waals surface area contributed by atoms with Crippen molar-refractivity contribution in [3.05, 3.63) is 46.0 Å². The lowest BCUT2D eigenvalue weighted by molar-refractivity contribution is -0.131. The first-order valence-electron chi connectivity index (χ1n) is 9.33. The fourth-order valence-electron chi connectivity index (χ4n) is 4.03. The standard InChI is InChI=1S/C20H22FN3O4/c21-16-9-12(1-4-18(26)27)15-2-3-17(25)24-14(11-28-20(16)19(15)24)10-23-7-5-13(22)6-8-23/h1-4,9,13-14H,5-8,10-11,22H2,(H,26,27)/t14-/m1/s1. The van der Waals surface area contributed by atoms with Crippen LogP contribution in [0.15, 0.2) is 29.1 Å². The molecule has 7 nitrogen and oxygen atoms in total. The summed E-state index contributed by atoms with van der Waals surface area (Å²) < 4.78 is 21.9. The Balaban J connectivity index is 1.79. The average Bonchev–Trinajstić information content (AvgIpc) is 2.67. The summed E-state index contributed by atoms with van der Waals surface area (Å²) in [5.74, 6) is -1.70. The van der Waals surface area contributed by atoms with Crippen molar-refractivity contribution in [2.24, 2.45) is 5.73 Å². The van der Waals surface area contributed by atoms with E-state index in [0.29, 0.717) is 23.0 Å². The van der Waals surface area contributed by atoms with Crippen molar-refractivity contribution in [1.82, 2.24) is 9.47 Å². The van der Waals surface area contributed by atoms with Gasteiger partial charge < -0.3 is 20.5 Å². The lowest BCUT2D eigenvalue weighted by Gasteiger charge is -2.35. The molecule has 2 aromatic rings. The van der Waals surface area contributed by atoms with E-state index in [9.17, 15) is 14.0 Å². The van der Waals surface area contributed by atoms with Crippen molar-refractivity contribution >= 4 is 22.9 Å². The van der Waals surface area contributed by atoms with Gasteiger partial charge in [0.1, 0.15) is 6.61 Å². The summed E-state index contributed by atoms with van der Waals surface area (Å²) in [6, 6.07) is 4.22. The van der Waals surface area contributed by atoms with Gasteiger partial charge in [0.2, 0.25) is 0 Å². The minimum Gasteiger partial charge on any atom is -0.486 e. The van der Waals surface area contributed by atoms with E-state index in [-0.39, 0.29) is 30.0 Å². The van der Waals surface area contributed by atoms with E-state index in [1.54, 1.807) is 10.6 Å². The predicted octanol–water partition coefficient (Wildman–Crippen LogP) is 1.59. The van der Waals surface area contributed by atoms with Crippen LogP contribution in [-0.4, -0.2) is 52.8 Å². The highest BCUT2D eigenvalue weighted by atomic mass is 19.1. The molecule has 0 aliphatic carbocycles. The number of carboxylic acids is 1. The molecular formula is C20H22FN3O4. The third kappa shape index (κ3) is 3.41. The topological polar surface area (TPSA) is 97.8 Å². The molecule has 148 valence electrons. The van der Waals surface area contributed by atoms with Crippen LogP contribution in [0.4, 0.5) is 4.39 Å². The monoisotopic (exact) mass is 387 g/mol. The number of likely N-dealkylation sites (tertiary alicyclic amines) is 1. The molecule has 8 heteroatoms. The van der Waals surface area contributed by atoms with Gasteiger partial charge in [-0.1, -0.05) is 0 Å². The largest absolute Gasteiger partial charge is 0.486 e. The number of halogens is 1. The normalized spacial score (nSPS) is 20.6.